The normalized spacial score (nSPS) is 12.8. The Balaban J connectivity index is 0.000000126. The number of aryl methyl sites for hydroxylation is 1. The van der Waals surface area contributed by atoms with Crippen molar-refractivity contribution < 1.29 is 18.6 Å². The van der Waals surface area contributed by atoms with Crippen LogP contribution in [0.1, 0.15) is 5.69 Å². The summed E-state index contributed by atoms with van der Waals surface area (Å²) in [5.74, 6) is 1.97. The Morgan fingerprint density at radius 3 is 1.78 bits per heavy atom. The van der Waals surface area contributed by atoms with Gasteiger partial charge in [-0.25, -0.2) is 0 Å². The second-order valence-electron chi connectivity index (χ2n) is 12.8. The standard InChI is InChI=1S/C24H16NO.C20H15N2O/c1-2-6-16(7-3-1)20-13-12-17-10-11-19-14-18-8-4-5-9-21(18)25-15-26-24(20)22(17)23(19)25;1-13-2-3-16-5-4-15-6-7-17(14-8-10-21-11-9-14)20-18(15)19(16)22(13)12-23-20/h1-14H,15H2;2-11H,12H2,1H3/q2*+1. The molecular formula is C44H31N3O2+2. The number of pyridine rings is 3. The number of aromatic nitrogens is 3. The average Bonchev–Trinajstić information content (AvgIpc) is 3.17. The van der Waals surface area contributed by atoms with Crippen LogP contribution in [0.25, 0.3) is 76.5 Å². The molecule has 0 amide bonds. The predicted molar refractivity (Wildman–Crippen MR) is 195 cm³/mol. The highest BCUT2D eigenvalue weighted by Crippen LogP contribution is 2.43. The maximum absolute atomic E-state index is 6.34. The van der Waals surface area contributed by atoms with Crippen molar-refractivity contribution in [1.29, 1.82) is 0 Å². The van der Waals surface area contributed by atoms with Gasteiger partial charge in [-0.2, -0.15) is 9.13 Å². The Morgan fingerprint density at radius 2 is 1.04 bits per heavy atom. The van der Waals surface area contributed by atoms with Crippen LogP contribution in [-0.2, 0) is 13.5 Å². The lowest BCUT2D eigenvalue weighted by atomic mass is 9.96. The molecule has 2 aliphatic heterocycles. The van der Waals surface area contributed by atoms with Crippen LogP contribution >= 0.6 is 0 Å². The van der Waals surface area contributed by atoms with Gasteiger partial charge in [-0.15, -0.1) is 0 Å². The Hall–Kier alpha value is -6.33. The molecule has 3 aromatic heterocycles. The summed E-state index contributed by atoms with van der Waals surface area (Å²) >= 11 is 0. The van der Waals surface area contributed by atoms with Crippen LogP contribution in [0.5, 0.6) is 11.5 Å². The van der Waals surface area contributed by atoms with E-state index < -0.39 is 0 Å². The summed E-state index contributed by atoms with van der Waals surface area (Å²) in [6.07, 6.45) is 3.64. The Labute approximate surface area is 282 Å². The van der Waals surface area contributed by atoms with Crippen LogP contribution in [0.15, 0.2) is 146 Å². The number of fused-ring (bicyclic) bond motifs is 2. The monoisotopic (exact) mass is 633 g/mol. The zero-order valence-corrected chi connectivity index (χ0v) is 26.9. The summed E-state index contributed by atoms with van der Waals surface area (Å²) in [7, 11) is 0. The Bertz CT molecular complexity index is 2780. The number of benzene rings is 6. The molecular weight excluding hydrogens is 603 g/mol. The smallest absolute Gasteiger partial charge is 0.293 e. The van der Waals surface area contributed by atoms with Crippen molar-refractivity contribution in [3.05, 3.63) is 152 Å². The summed E-state index contributed by atoms with van der Waals surface area (Å²) in [5, 5.41) is 8.59. The molecule has 0 radical (unpaired) electrons. The largest absolute Gasteiger partial charge is 0.434 e. The molecule has 0 unspecified atom stereocenters. The molecule has 0 bridgehead atoms. The van der Waals surface area contributed by atoms with Crippen molar-refractivity contribution in [2.24, 2.45) is 0 Å². The van der Waals surface area contributed by atoms with E-state index in [2.05, 4.69) is 136 Å². The third-order valence-corrected chi connectivity index (χ3v) is 10.0. The van der Waals surface area contributed by atoms with E-state index in [1.165, 1.54) is 65.5 Å². The van der Waals surface area contributed by atoms with E-state index in [1.807, 2.05) is 30.6 Å². The summed E-state index contributed by atoms with van der Waals surface area (Å²) in [5.41, 5.74) is 9.56. The van der Waals surface area contributed by atoms with Crippen molar-refractivity contribution in [3.8, 4) is 33.8 Å². The van der Waals surface area contributed by atoms with Crippen LogP contribution in [0.3, 0.4) is 0 Å². The molecule has 5 nitrogen and oxygen atoms in total. The van der Waals surface area contributed by atoms with Gasteiger partial charge in [-0.3, -0.25) is 4.98 Å². The van der Waals surface area contributed by atoms with Gasteiger partial charge in [-0.1, -0.05) is 66.7 Å². The molecule has 0 fully saturated rings. The molecule has 232 valence electrons. The topological polar surface area (TPSA) is 39.1 Å². The molecule has 0 atom stereocenters. The van der Waals surface area contributed by atoms with E-state index in [-0.39, 0.29) is 0 Å². The first-order valence-corrected chi connectivity index (χ1v) is 16.6. The molecule has 0 N–H and O–H groups in total. The van der Waals surface area contributed by atoms with E-state index in [4.69, 9.17) is 9.47 Å². The summed E-state index contributed by atoms with van der Waals surface area (Å²) in [4.78, 5) is 4.12. The fourth-order valence-electron chi connectivity index (χ4n) is 7.68. The van der Waals surface area contributed by atoms with Gasteiger partial charge >= 0.3 is 0 Å². The van der Waals surface area contributed by atoms with E-state index in [0.717, 1.165) is 28.2 Å². The summed E-state index contributed by atoms with van der Waals surface area (Å²) in [6.45, 7) is 3.21. The van der Waals surface area contributed by atoms with Crippen molar-refractivity contribution in [3.63, 3.8) is 0 Å². The molecule has 0 aliphatic carbocycles. The minimum absolute atomic E-state index is 0.536. The molecule has 0 saturated carbocycles. The number of ether oxygens (including phenoxy) is 2. The molecule has 5 heteroatoms. The minimum atomic E-state index is 0.536. The van der Waals surface area contributed by atoms with E-state index in [1.54, 1.807) is 0 Å². The van der Waals surface area contributed by atoms with Gasteiger partial charge in [0.1, 0.15) is 11.5 Å². The first-order valence-electron chi connectivity index (χ1n) is 16.6. The first-order chi connectivity index (χ1) is 24.2. The second kappa shape index (κ2) is 10.9. The van der Waals surface area contributed by atoms with E-state index in [0.29, 0.717) is 13.5 Å². The SMILES string of the molecule is Cc1ccc2ccc3ccc(-c4ccncc4)c4c3c2[n+]1CO4.c1ccc(-c2ccc3ccc4cc5ccccc5[n+]5c4c3c2OC5)cc1. The summed E-state index contributed by atoms with van der Waals surface area (Å²) < 4.78 is 17.1. The van der Waals surface area contributed by atoms with Gasteiger partial charge in [0.25, 0.3) is 13.5 Å². The number of hydrogen-bond acceptors (Lipinski definition) is 3. The third kappa shape index (κ3) is 4.29. The van der Waals surface area contributed by atoms with Crippen LogP contribution in [0, 0.1) is 6.92 Å². The van der Waals surface area contributed by atoms with Gasteiger partial charge in [0.15, 0.2) is 5.69 Å². The highest BCUT2D eigenvalue weighted by atomic mass is 16.5. The molecule has 49 heavy (non-hydrogen) atoms. The minimum Gasteiger partial charge on any atom is -0.434 e. The third-order valence-electron chi connectivity index (χ3n) is 10.0. The van der Waals surface area contributed by atoms with Crippen LogP contribution < -0.4 is 18.6 Å². The molecule has 6 aromatic carbocycles. The lowest BCUT2D eigenvalue weighted by Gasteiger charge is -2.19. The molecule has 0 spiro atoms. The quantitative estimate of drug-likeness (QED) is 0.108. The van der Waals surface area contributed by atoms with Crippen molar-refractivity contribution >= 4 is 54.3 Å². The number of rotatable bonds is 2. The fourth-order valence-corrected chi connectivity index (χ4v) is 7.68. The lowest BCUT2D eigenvalue weighted by Crippen LogP contribution is -2.42. The van der Waals surface area contributed by atoms with Gasteiger partial charge in [-0.05, 0) is 76.5 Å². The van der Waals surface area contributed by atoms with Crippen molar-refractivity contribution in [2.75, 3.05) is 0 Å². The van der Waals surface area contributed by atoms with Gasteiger partial charge in [0.05, 0.1) is 10.8 Å². The molecule has 11 rings (SSSR count). The maximum atomic E-state index is 6.34. The first kappa shape index (κ1) is 27.8. The zero-order chi connectivity index (χ0) is 32.5. The Morgan fingerprint density at radius 1 is 0.490 bits per heavy atom. The number of para-hydroxylation sites is 1. The average molecular weight is 634 g/mol. The highest BCUT2D eigenvalue weighted by molar-refractivity contribution is 6.12. The number of nitrogens with zero attached hydrogens (tertiary/aromatic N) is 3. The van der Waals surface area contributed by atoms with Crippen molar-refractivity contribution in [1.82, 2.24) is 4.98 Å². The van der Waals surface area contributed by atoms with Gasteiger partial charge in [0, 0.05) is 58.7 Å². The molecule has 0 saturated heterocycles. The molecule has 5 heterocycles. The number of hydrogen-bond donors (Lipinski definition) is 0. The molecule has 9 aromatic rings. The maximum Gasteiger partial charge on any atom is 0.293 e. The van der Waals surface area contributed by atoms with Crippen molar-refractivity contribution in [2.45, 2.75) is 20.4 Å². The van der Waals surface area contributed by atoms with Crippen LogP contribution in [0.4, 0.5) is 0 Å². The lowest BCUT2D eigenvalue weighted by molar-refractivity contribution is -0.707. The Kier molecular flexibility index (Phi) is 6.15. The van der Waals surface area contributed by atoms with E-state index >= 15 is 0 Å². The molecule has 2 aliphatic rings. The van der Waals surface area contributed by atoms with Crippen LogP contribution in [0.2, 0.25) is 0 Å². The van der Waals surface area contributed by atoms with E-state index in [9.17, 15) is 0 Å². The van der Waals surface area contributed by atoms with Crippen LogP contribution in [-0.4, -0.2) is 4.98 Å². The predicted octanol–water partition coefficient (Wildman–Crippen LogP) is 9.45. The van der Waals surface area contributed by atoms with Gasteiger partial charge in [0.2, 0.25) is 16.6 Å². The summed E-state index contributed by atoms with van der Waals surface area (Å²) in [6, 6.07) is 47.2. The van der Waals surface area contributed by atoms with Gasteiger partial charge < -0.3 is 9.47 Å². The second-order valence-corrected chi connectivity index (χ2v) is 12.8. The zero-order valence-electron chi connectivity index (χ0n) is 26.9. The highest BCUT2D eigenvalue weighted by Gasteiger charge is 2.28. The fraction of sp³-hybridized carbons (Fsp3) is 0.0682.